The van der Waals surface area contributed by atoms with E-state index in [1.807, 2.05) is 16.7 Å². The molecule has 0 radical (unpaired) electrons. The zero-order valence-electron chi connectivity index (χ0n) is 15.1. The highest BCUT2D eigenvalue weighted by Crippen LogP contribution is 2.26. The predicted molar refractivity (Wildman–Crippen MR) is 93.9 cm³/mol. The SMILES string of the molecule is CC(C(=O)NC(=O)NC1CC1)N1CCN(C(=O)C2CCCCC2)CC1. The molecule has 4 amide bonds. The summed E-state index contributed by atoms with van der Waals surface area (Å²) >= 11 is 0. The van der Waals surface area contributed by atoms with Crippen molar-refractivity contribution >= 4 is 17.8 Å². The molecule has 0 spiro atoms. The Hall–Kier alpha value is -1.63. The number of hydrogen-bond acceptors (Lipinski definition) is 4. The van der Waals surface area contributed by atoms with Crippen molar-refractivity contribution < 1.29 is 14.4 Å². The van der Waals surface area contributed by atoms with Crippen LogP contribution in [0.1, 0.15) is 51.9 Å². The van der Waals surface area contributed by atoms with Crippen molar-refractivity contribution in [3.63, 3.8) is 0 Å². The van der Waals surface area contributed by atoms with Crippen molar-refractivity contribution in [2.24, 2.45) is 5.92 Å². The molecule has 0 aromatic carbocycles. The summed E-state index contributed by atoms with van der Waals surface area (Å²) in [5.74, 6) is 0.220. The molecule has 2 N–H and O–H groups in total. The molecule has 1 saturated heterocycles. The molecule has 1 atom stereocenters. The molecule has 0 aromatic rings. The van der Waals surface area contributed by atoms with Gasteiger partial charge in [0.05, 0.1) is 6.04 Å². The second-order valence-corrected chi connectivity index (χ2v) is 7.61. The molecule has 25 heavy (non-hydrogen) atoms. The van der Waals surface area contributed by atoms with Gasteiger partial charge in [-0.3, -0.25) is 19.8 Å². The van der Waals surface area contributed by atoms with Crippen molar-refractivity contribution in [2.75, 3.05) is 26.2 Å². The van der Waals surface area contributed by atoms with E-state index in [1.54, 1.807) is 0 Å². The summed E-state index contributed by atoms with van der Waals surface area (Å²) in [6, 6.07) is -0.528. The van der Waals surface area contributed by atoms with Gasteiger partial charge in [-0.1, -0.05) is 19.3 Å². The first kappa shape index (κ1) is 18.2. The Labute approximate surface area is 149 Å². The van der Waals surface area contributed by atoms with Crippen LogP contribution in [0.5, 0.6) is 0 Å². The van der Waals surface area contributed by atoms with Crippen LogP contribution in [0.2, 0.25) is 0 Å². The van der Waals surface area contributed by atoms with E-state index < -0.39 is 6.03 Å². The van der Waals surface area contributed by atoms with Crippen molar-refractivity contribution in [1.29, 1.82) is 0 Å². The van der Waals surface area contributed by atoms with Crippen LogP contribution in [0.4, 0.5) is 4.79 Å². The Morgan fingerprint density at radius 1 is 0.920 bits per heavy atom. The van der Waals surface area contributed by atoms with E-state index in [4.69, 9.17) is 0 Å². The van der Waals surface area contributed by atoms with Gasteiger partial charge in [0.2, 0.25) is 11.8 Å². The zero-order valence-corrected chi connectivity index (χ0v) is 15.1. The Morgan fingerprint density at radius 3 is 2.16 bits per heavy atom. The van der Waals surface area contributed by atoms with Crippen LogP contribution in [0.15, 0.2) is 0 Å². The fraction of sp³-hybridized carbons (Fsp3) is 0.833. The smallest absolute Gasteiger partial charge is 0.321 e. The third-order valence-corrected chi connectivity index (χ3v) is 5.66. The fourth-order valence-electron chi connectivity index (χ4n) is 3.77. The van der Waals surface area contributed by atoms with Crippen LogP contribution in [0.3, 0.4) is 0 Å². The van der Waals surface area contributed by atoms with Crippen LogP contribution >= 0.6 is 0 Å². The summed E-state index contributed by atoms with van der Waals surface area (Å²) in [4.78, 5) is 40.5. The molecule has 3 fully saturated rings. The van der Waals surface area contributed by atoms with E-state index in [1.165, 1.54) is 6.42 Å². The average Bonchev–Trinajstić information content (AvgIpc) is 3.45. The second kappa shape index (κ2) is 8.17. The highest BCUT2D eigenvalue weighted by Gasteiger charge is 2.32. The molecule has 1 aliphatic heterocycles. The average molecular weight is 350 g/mol. The number of carbonyl (C=O) groups excluding carboxylic acids is 3. The summed E-state index contributed by atoms with van der Waals surface area (Å²) in [7, 11) is 0. The van der Waals surface area contributed by atoms with Crippen LogP contribution in [0.25, 0.3) is 0 Å². The lowest BCUT2D eigenvalue weighted by atomic mass is 9.88. The second-order valence-electron chi connectivity index (χ2n) is 7.61. The standard InChI is InChI=1S/C18H30N4O3/c1-13(16(23)20-18(25)19-15-7-8-15)21-9-11-22(12-10-21)17(24)14-5-3-2-4-6-14/h13-15H,2-12H2,1H3,(H2,19,20,23,25). The van der Waals surface area contributed by atoms with Crippen LogP contribution in [-0.2, 0) is 9.59 Å². The quantitative estimate of drug-likeness (QED) is 0.795. The van der Waals surface area contributed by atoms with Gasteiger partial charge in [-0.2, -0.15) is 0 Å². The molecule has 2 aliphatic carbocycles. The first-order valence-electron chi connectivity index (χ1n) is 9.69. The van der Waals surface area contributed by atoms with Crippen LogP contribution in [-0.4, -0.2) is 65.9 Å². The van der Waals surface area contributed by atoms with Gasteiger partial charge in [0.25, 0.3) is 0 Å². The van der Waals surface area contributed by atoms with Crippen molar-refractivity contribution in [1.82, 2.24) is 20.4 Å². The van der Waals surface area contributed by atoms with Gasteiger partial charge in [0.15, 0.2) is 0 Å². The summed E-state index contributed by atoms with van der Waals surface area (Å²) in [6.45, 7) is 4.51. The molecule has 140 valence electrons. The first-order chi connectivity index (χ1) is 12.0. The fourth-order valence-corrected chi connectivity index (χ4v) is 3.77. The lowest BCUT2D eigenvalue weighted by molar-refractivity contribution is -0.139. The maximum absolute atomic E-state index is 12.6. The molecule has 7 heteroatoms. The number of piperazine rings is 1. The normalized spacial score (nSPS) is 23.8. The van der Waals surface area contributed by atoms with Gasteiger partial charge in [-0.25, -0.2) is 4.79 Å². The Morgan fingerprint density at radius 2 is 1.56 bits per heavy atom. The van der Waals surface area contributed by atoms with Gasteiger partial charge in [-0.15, -0.1) is 0 Å². The first-order valence-corrected chi connectivity index (χ1v) is 9.69. The molecular weight excluding hydrogens is 320 g/mol. The van der Waals surface area contributed by atoms with Gasteiger partial charge in [0.1, 0.15) is 0 Å². The minimum Gasteiger partial charge on any atom is -0.340 e. The number of urea groups is 1. The summed E-state index contributed by atoms with van der Waals surface area (Å²) in [5.41, 5.74) is 0. The molecule has 1 unspecified atom stereocenters. The van der Waals surface area contributed by atoms with E-state index in [9.17, 15) is 14.4 Å². The van der Waals surface area contributed by atoms with Gasteiger partial charge in [-0.05, 0) is 32.6 Å². The van der Waals surface area contributed by atoms with E-state index in [0.29, 0.717) is 32.1 Å². The van der Waals surface area contributed by atoms with E-state index in [0.717, 1.165) is 38.5 Å². The maximum Gasteiger partial charge on any atom is 0.321 e. The summed E-state index contributed by atoms with van der Waals surface area (Å²) in [6.07, 6.45) is 7.61. The predicted octanol–water partition coefficient (Wildman–Crippen LogP) is 1.09. The Balaban J connectivity index is 1.41. The van der Waals surface area contributed by atoms with Crippen molar-refractivity contribution in [2.45, 2.75) is 64.0 Å². The number of carbonyl (C=O) groups is 3. The number of hydrogen-bond donors (Lipinski definition) is 2. The third-order valence-electron chi connectivity index (χ3n) is 5.66. The Bertz CT molecular complexity index is 506. The largest absolute Gasteiger partial charge is 0.340 e. The lowest BCUT2D eigenvalue weighted by Gasteiger charge is -2.39. The third kappa shape index (κ3) is 4.93. The topological polar surface area (TPSA) is 81.8 Å². The summed E-state index contributed by atoms with van der Waals surface area (Å²) < 4.78 is 0. The minimum absolute atomic E-state index is 0.201. The monoisotopic (exact) mass is 350 g/mol. The maximum atomic E-state index is 12.6. The lowest BCUT2D eigenvalue weighted by Crippen LogP contribution is -2.57. The number of amides is 4. The molecule has 2 saturated carbocycles. The van der Waals surface area contributed by atoms with E-state index in [-0.39, 0.29) is 23.9 Å². The zero-order chi connectivity index (χ0) is 17.8. The van der Waals surface area contributed by atoms with E-state index in [2.05, 4.69) is 10.6 Å². The molecule has 3 rings (SSSR count). The highest BCUT2D eigenvalue weighted by atomic mass is 16.2. The number of rotatable bonds is 4. The number of nitrogens with zero attached hydrogens (tertiary/aromatic N) is 2. The molecular formula is C18H30N4O3. The van der Waals surface area contributed by atoms with Crippen molar-refractivity contribution in [3.8, 4) is 0 Å². The van der Waals surface area contributed by atoms with Gasteiger partial charge >= 0.3 is 6.03 Å². The van der Waals surface area contributed by atoms with Crippen molar-refractivity contribution in [3.05, 3.63) is 0 Å². The van der Waals surface area contributed by atoms with Crippen LogP contribution < -0.4 is 10.6 Å². The number of imide groups is 1. The molecule has 0 aromatic heterocycles. The van der Waals surface area contributed by atoms with Gasteiger partial charge < -0.3 is 10.2 Å². The van der Waals surface area contributed by atoms with Crippen LogP contribution in [0, 0.1) is 5.92 Å². The Kier molecular flexibility index (Phi) is 5.93. The van der Waals surface area contributed by atoms with Gasteiger partial charge in [0, 0.05) is 38.1 Å². The summed E-state index contributed by atoms with van der Waals surface area (Å²) in [5, 5.41) is 5.18. The highest BCUT2D eigenvalue weighted by molar-refractivity contribution is 5.97. The minimum atomic E-state index is -0.398. The number of nitrogens with one attached hydrogen (secondary N) is 2. The molecule has 3 aliphatic rings. The van der Waals surface area contributed by atoms with E-state index >= 15 is 0 Å². The molecule has 1 heterocycles. The molecule has 0 bridgehead atoms. The molecule has 7 nitrogen and oxygen atoms in total.